The van der Waals surface area contributed by atoms with E-state index in [0.717, 1.165) is 26.9 Å². The minimum Gasteiger partial charge on any atom is -0.497 e. The molecular formula is C26H27BrN2O4. The summed E-state index contributed by atoms with van der Waals surface area (Å²) < 4.78 is 17.4. The van der Waals surface area contributed by atoms with Gasteiger partial charge in [0.05, 0.1) is 33.4 Å². The van der Waals surface area contributed by atoms with E-state index in [1.165, 1.54) is 0 Å². The maximum atomic E-state index is 12.7. The third-order valence-electron chi connectivity index (χ3n) is 5.73. The van der Waals surface area contributed by atoms with Gasteiger partial charge < -0.3 is 19.5 Å². The van der Waals surface area contributed by atoms with Crippen molar-refractivity contribution in [3.63, 3.8) is 0 Å². The Labute approximate surface area is 202 Å². The number of esters is 1. The first kappa shape index (κ1) is 23.1. The van der Waals surface area contributed by atoms with E-state index in [0.29, 0.717) is 18.1 Å². The van der Waals surface area contributed by atoms with Crippen LogP contribution in [0.3, 0.4) is 0 Å². The number of nitrogens with one attached hydrogen (secondary N) is 1. The predicted molar refractivity (Wildman–Crippen MR) is 132 cm³/mol. The van der Waals surface area contributed by atoms with E-state index in [2.05, 4.69) is 50.4 Å². The number of rotatable bonds is 7. The lowest BCUT2D eigenvalue weighted by Crippen LogP contribution is -2.44. The van der Waals surface area contributed by atoms with Gasteiger partial charge in [-0.25, -0.2) is 0 Å². The second-order valence-electron chi connectivity index (χ2n) is 7.68. The molecule has 2 atom stereocenters. The van der Waals surface area contributed by atoms with Crippen molar-refractivity contribution >= 4 is 27.6 Å². The average Bonchev–Trinajstić information content (AvgIpc) is 2.84. The number of ether oxygens (including phenoxy) is 3. The van der Waals surface area contributed by atoms with Gasteiger partial charge in [0, 0.05) is 21.8 Å². The van der Waals surface area contributed by atoms with Gasteiger partial charge in [-0.3, -0.25) is 9.69 Å². The number of methoxy groups -OCH3 is 2. The molecule has 0 aromatic heterocycles. The van der Waals surface area contributed by atoms with Crippen LogP contribution in [-0.4, -0.2) is 38.2 Å². The predicted octanol–water partition coefficient (Wildman–Crippen LogP) is 5.55. The molecule has 0 amide bonds. The molecule has 0 bridgehead atoms. The van der Waals surface area contributed by atoms with Crippen molar-refractivity contribution < 1.29 is 19.0 Å². The summed E-state index contributed by atoms with van der Waals surface area (Å²) in [6, 6.07) is 21.9. The number of hydrogen-bond acceptors (Lipinski definition) is 6. The Balaban J connectivity index is 1.90. The van der Waals surface area contributed by atoms with E-state index in [1.54, 1.807) is 14.2 Å². The lowest BCUT2D eigenvalue weighted by molar-refractivity contribution is -0.145. The van der Waals surface area contributed by atoms with Gasteiger partial charge in [0.15, 0.2) is 0 Å². The largest absolute Gasteiger partial charge is 0.497 e. The van der Waals surface area contributed by atoms with Crippen LogP contribution in [0.2, 0.25) is 0 Å². The molecule has 1 aliphatic rings. The van der Waals surface area contributed by atoms with Crippen LogP contribution < -0.4 is 14.8 Å². The van der Waals surface area contributed by atoms with Crippen molar-refractivity contribution in [2.75, 3.05) is 32.7 Å². The lowest BCUT2D eigenvalue weighted by atomic mass is 9.91. The lowest BCUT2D eigenvalue weighted by Gasteiger charge is -2.44. The number of benzene rings is 3. The van der Waals surface area contributed by atoms with Crippen molar-refractivity contribution in [3.8, 4) is 11.5 Å². The summed E-state index contributed by atoms with van der Waals surface area (Å²) in [5.74, 6) is 1.09. The van der Waals surface area contributed by atoms with Crippen LogP contribution in [-0.2, 0) is 9.53 Å². The standard InChI is InChI=1S/C26H27BrN2O4/c1-4-33-24(30)16-29-25(17-8-6-5-7-9-17)21-14-18(27)10-13-22(21)28-26(29)20-12-11-19(31-2)15-23(20)32-3/h5-15,25-26,28H,4,16H2,1-3H3/t25-,26+/m0/s1. The molecule has 6 nitrogen and oxygen atoms in total. The summed E-state index contributed by atoms with van der Waals surface area (Å²) in [6.07, 6.45) is -0.339. The van der Waals surface area contributed by atoms with Gasteiger partial charge in [-0.15, -0.1) is 0 Å². The average molecular weight is 511 g/mol. The highest BCUT2D eigenvalue weighted by Crippen LogP contribution is 2.46. The first-order valence-electron chi connectivity index (χ1n) is 10.8. The third kappa shape index (κ3) is 4.84. The topological polar surface area (TPSA) is 60.0 Å². The van der Waals surface area contributed by atoms with E-state index in [-0.39, 0.29) is 24.7 Å². The SMILES string of the molecule is CCOC(=O)CN1[C@@H](c2ccccc2)c2cc(Br)ccc2N[C@H]1c1ccc(OC)cc1OC. The molecule has 0 saturated heterocycles. The smallest absolute Gasteiger partial charge is 0.320 e. The number of fused-ring (bicyclic) bond motifs is 1. The van der Waals surface area contributed by atoms with Crippen molar-refractivity contribution in [3.05, 3.63) is 87.9 Å². The van der Waals surface area contributed by atoms with Gasteiger partial charge >= 0.3 is 5.97 Å². The van der Waals surface area contributed by atoms with Crippen LogP contribution in [0.25, 0.3) is 0 Å². The first-order chi connectivity index (χ1) is 16.0. The molecule has 1 N–H and O–H groups in total. The third-order valence-corrected chi connectivity index (χ3v) is 6.22. The molecule has 7 heteroatoms. The summed E-state index contributed by atoms with van der Waals surface area (Å²) in [7, 11) is 3.26. The highest BCUT2D eigenvalue weighted by atomic mass is 79.9. The van der Waals surface area contributed by atoms with Crippen LogP contribution in [0.4, 0.5) is 5.69 Å². The Hall–Kier alpha value is -3.03. The van der Waals surface area contributed by atoms with Gasteiger partial charge in [0.25, 0.3) is 0 Å². The summed E-state index contributed by atoms with van der Waals surface area (Å²) in [5.41, 5.74) is 4.05. The molecule has 0 unspecified atom stereocenters. The van der Waals surface area contributed by atoms with Gasteiger partial charge in [-0.1, -0.05) is 46.3 Å². The Morgan fingerprint density at radius 2 is 1.79 bits per heavy atom. The van der Waals surface area contributed by atoms with Crippen LogP contribution in [0.1, 0.15) is 35.8 Å². The minimum absolute atomic E-state index is 0.103. The van der Waals surface area contributed by atoms with Crippen LogP contribution in [0.5, 0.6) is 11.5 Å². The van der Waals surface area contributed by atoms with Crippen molar-refractivity contribution in [2.45, 2.75) is 19.1 Å². The Morgan fingerprint density at radius 1 is 1.00 bits per heavy atom. The molecule has 0 radical (unpaired) electrons. The molecule has 1 aliphatic heterocycles. The summed E-state index contributed by atoms with van der Waals surface area (Å²) in [6.45, 7) is 2.25. The van der Waals surface area contributed by atoms with E-state index in [9.17, 15) is 4.79 Å². The molecular weight excluding hydrogens is 484 g/mol. The number of carbonyl (C=O) groups excluding carboxylic acids is 1. The van der Waals surface area contributed by atoms with Gasteiger partial charge in [-0.2, -0.15) is 0 Å². The zero-order valence-corrected chi connectivity index (χ0v) is 20.5. The maximum Gasteiger partial charge on any atom is 0.320 e. The summed E-state index contributed by atoms with van der Waals surface area (Å²) in [5, 5.41) is 3.63. The fourth-order valence-electron chi connectivity index (χ4n) is 4.29. The second kappa shape index (κ2) is 10.3. The normalized spacial score (nSPS) is 17.6. The molecule has 4 rings (SSSR count). The van der Waals surface area contributed by atoms with E-state index in [1.807, 2.05) is 49.4 Å². The monoisotopic (exact) mass is 510 g/mol. The molecule has 0 aliphatic carbocycles. The van der Waals surface area contributed by atoms with Gasteiger partial charge in [-0.05, 0) is 48.4 Å². The number of nitrogens with zero attached hydrogens (tertiary/aromatic N) is 1. The summed E-state index contributed by atoms with van der Waals surface area (Å²) >= 11 is 3.61. The van der Waals surface area contributed by atoms with Crippen LogP contribution in [0, 0.1) is 0 Å². The van der Waals surface area contributed by atoms with Crippen molar-refractivity contribution in [1.82, 2.24) is 4.90 Å². The molecule has 3 aromatic rings. The minimum atomic E-state index is -0.339. The van der Waals surface area contributed by atoms with Crippen LogP contribution in [0.15, 0.2) is 71.2 Å². The Morgan fingerprint density at radius 3 is 2.48 bits per heavy atom. The van der Waals surface area contributed by atoms with Crippen molar-refractivity contribution in [2.24, 2.45) is 0 Å². The highest BCUT2D eigenvalue weighted by Gasteiger charge is 2.38. The zero-order valence-electron chi connectivity index (χ0n) is 18.9. The fraction of sp³-hybridized carbons (Fsp3) is 0.269. The van der Waals surface area contributed by atoms with E-state index in [4.69, 9.17) is 14.2 Å². The number of anilines is 1. The second-order valence-corrected chi connectivity index (χ2v) is 8.59. The number of hydrogen-bond donors (Lipinski definition) is 1. The molecule has 3 aromatic carbocycles. The fourth-order valence-corrected chi connectivity index (χ4v) is 4.67. The van der Waals surface area contributed by atoms with Gasteiger partial charge in [0.2, 0.25) is 0 Å². The van der Waals surface area contributed by atoms with E-state index < -0.39 is 0 Å². The molecule has 0 spiro atoms. The molecule has 33 heavy (non-hydrogen) atoms. The van der Waals surface area contributed by atoms with E-state index >= 15 is 0 Å². The maximum absolute atomic E-state index is 12.7. The quantitative estimate of drug-likeness (QED) is 0.420. The zero-order chi connectivity index (χ0) is 23.4. The Kier molecular flexibility index (Phi) is 7.20. The molecule has 0 saturated carbocycles. The summed E-state index contributed by atoms with van der Waals surface area (Å²) in [4.78, 5) is 14.9. The molecule has 0 fully saturated rings. The first-order valence-corrected chi connectivity index (χ1v) is 11.6. The number of carbonyl (C=O) groups is 1. The van der Waals surface area contributed by atoms with Gasteiger partial charge in [0.1, 0.15) is 17.7 Å². The molecule has 1 heterocycles. The number of halogens is 1. The molecule has 172 valence electrons. The Bertz CT molecular complexity index is 1120. The van der Waals surface area contributed by atoms with Crippen molar-refractivity contribution in [1.29, 1.82) is 0 Å². The van der Waals surface area contributed by atoms with Crippen LogP contribution >= 0.6 is 15.9 Å². The highest BCUT2D eigenvalue weighted by molar-refractivity contribution is 9.10.